The van der Waals surface area contributed by atoms with E-state index < -0.39 is 0 Å². The van der Waals surface area contributed by atoms with Crippen molar-refractivity contribution in [3.8, 4) is 0 Å². The van der Waals surface area contributed by atoms with Gasteiger partial charge in [-0.2, -0.15) is 0 Å². The van der Waals surface area contributed by atoms with Gasteiger partial charge >= 0.3 is 0 Å². The quantitative estimate of drug-likeness (QED) is 0.933. The van der Waals surface area contributed by atoms with E-state index in [-0.39, 0.29) is 11.5 Å². The molecule has 0 amide bonds. The number of nitrogens with zero attached hydrogens (tertiary/aromatic N) is 4. The van der Waals surface area contributed by atoms with Crippen molar-refractivity contribution in [2.45, 2.75) is 46.2 Å². The molecule has 6 heteroatoms. The lowest BCUT2D eigenvalue weighted by atomic mass is 10.1. The van der Waals surface area contributed by atoms with Gasteiger partial charge in [-0.25, -0.2) is 9.97 Å². The molecular formula is C16H23N5O. The first kappa shape index (κ1) is 15.0. The van der Waals surface area contributed by atoms with Crippen LogP contribution in [0.5, 0.6) is 0 Å². The molecule has 2 aromatic rings. The second-order valence-electron chi connectivity index (χ2n) is 6.35. The van der Waals surface area contributed by atoms with Crippen molar-refractivity contribution in [2.75, 3.05) is 6.54 Å². The maximum absolute atomic E-state index is 12.3. The maximum Gasteiger partial charge on any atom is 0.255 e. The summed E-state index contributed by atoms with van der Waals surface area (Å²) in [5.41, 5.74) is 2.96. The number of rotatable bonds is 3. The SMILES string of the molecule is Cc1ncc(CN2CCc3nc(C(C)C)[nH]c(=O)c3C2)n1C. The summed E-state index contributed by atoms with van der Waals surface area (Å²) < 4.78 is 2.10. The predicted octanol–water partition coefficient (Wildman–Crippen LogP) is 1.49. The molecule has 0 aromatic carbocycles. The number of H-pyrrole nitrogens is 1. The Bertz CT molecular complexity index is 743. The Balaban J connectivity index is 1.82. The number of aromatic nitrogens is 4. The highest BCUT2D eigenvalue weighted by atomic mass is 16.1. The highest BCUT2D eigenvalue weighted by Gasteiger charge is 2.22. The van der Waals surface area contributed by atoms with Crippen LogP contribution in [0.2, 0.25) is 0 Å². The molecule has 1 aliphatic heterocycles. The Labute approximate surface area is 130 Å². The maximum atomic E-state index is 12.3. The summed E-state index contributed by atoms with van der Waals surface area (Å²) in [4.78, 5) is 26.5. The standard InChI is InChI=1S/C16H23N5O/c1-10(2)15-18-14-5-6-21(9-13(14)16(22)19-15)8-12-7-17-11(3)20(12)4/h7,10H,5-6,8-9H2,1-4H3,(H,18,19,22). The monoisotopic (exact) mass is 301 g/mol. The second kappa shape index (κ2) is 5.68. The van der Waals surface area contributed by atoms with E-state index in [9.17, 15) is 4.79 Å². The van der Waals surface area contributed by atoms with Crippen LogP contribution in [-0.2, 0) is 26.6 Å². The van der Waals surface area contributed by atoms with E-state index in [4.69, 9.17) is 0 Å². The van der Waals surface area contributed by atoms with Gasteiger partial charge in [-0.3, -0.25) is 9.69 Å². The molecule has 3 rings (SSSR count). The van der Waals surface area contributed by atoms with Gasteiger partial charge in [0, 0.05) is 45.2 Å². The van der Waals surface area contributed by atoms with Crippen molar-refractivity contribution >= 4 is 0 Å². The smallest absolute Gasteiger partial charge is 0.255 e. The van der Waals surface area contributed by atoms with Crippen LogP contribution in [0.15, 0.2) is 11.0 Å². The van der Waals surface area contributed by atoms with Crippen molar-refractivity contribution < 1.29 is 0 Å². The minimum atomic E-state index is 0.0135. The summed E-state index contributed by atoms with van der Waals surface area (Å²) in [6.07, 6.45) is 2.74. The lowest BCUT2D eigenvalue weighted by Gasteiger charge is -2.27. The number of nitrogens with one attached hydrogen (secondary N) is 1. The topological polar surface area (TPSA) is 66.8 Å². The first-order valence-electron chi connectivity index (χ1n) is 7.77. The summed E-state index contributed by atoms with van der Waals surface area (Å²) in [5.74, 6) is 2.04. The van der Waals surface area contributed by atoms with Gasteiger partial charge in [-0.15, -0.1) is 0 Å². The van der Waals surface area contributed by atoms with Gasteiger partial charge in [0.05, 0.1) is 17.0 Å². The van der Waals surface area contributed by atoms with Crippen LogP contribution in [0, 0.1) is 6.92 Å². The van der Waals surface area contributed by atoms with Crippen LogP contribution in [-0.4, -0.2) is 31.0 Å². The van der Waals surface area contributed by atoms with E-state index >= 15 is 0 Å². The van der Waals surface area contributed by atoms with Crippen LogP contribution in [0.3, 0.4) is 0 Å². The van der Waals surface area contributed by atoms with Crippen molar-refractivity contribution in [3.63, 3.8) is 0 Å². The van der Waals surface area contributed by atoms with E-state index in [1.165, 1.54) is 5.69 Å². The van der Waals surface area contributed by atoms with E-state index in [1.807, 2.05) is 34.0 Å². The Kier molecular flexibility index (Phi) is 3.87. The molecule has 3 heterocycles. The fourth-order valence-corrected chi connectivity index (χ4v) is 2.83. The summed E-state index contributed by atoms with van der Waals surface area (Å²) in [6.45, 7) is 8.47. The number of imidazole rings is 1. The molecule has 6 nitrogen and oxygen atoms in total. The van der Waals surface area contributed by atoms with Gasteiger partial charge in [0.2, 0.25) is 0 Å². The molecule has 0 spiro atoms. The van der Waals surface area contributed by atoms with E-state index in [0.29, 0.717) is 6.54 Å². The van der Waals surface area contributed by atoms with Gasteiger partial charge in [0.15, 0.2) is 0 Å². The Hall–Kier alpha value is -1.95. The zero-order valence-corrected chi connectivity index (χ0v) is 13.7. The molecule has 118 valence electrons. The van der Waals surface area contributed by atoms with Crippen LogP contribution in [0.4, 0.5) is 0 Å². The minimum Gasteiger partial charge on any atom is -0.334 e. The number of aromatic amines is 1. The average molecular weight is 301 g/mol. The van der Waals surface area contributed by atoms with E-state index in [0.717, 1.165) is 42.4 Å². The van der Waals surface area contributed by atoms with Crippen LogP contribution in [0.25, 0.3) is 0 Å². The molecule has 0 atom stereocenters. The molecule has 0 aliphatic carbocycles. The lowest BCUT2D eigenvalue weighted by molar-refractivity contribution is 0.236. The largest absolute Gasteiger partial charge is 0.334 e. The van der Waals surface area contributed by atoms with Crippen LogP contribution < -0.4 is 5.56 Å². The first-order valence-corrected chi connectivity index (χ1v) is 7.77. The average Bonchev–Trinajstić information content (AvgIpc) is 2.79. The highest BCUT2D eigenvalue weighted by molar-refractivity contribution is 5.22. The Morgan fingerprint density at radius 1 is 1.41 bits per heavy atom. The summed E-state index contributed by atoms with van der Waals surface area (Å²) in [5, 5.41) is 0. The second-order valence-corrected chi connectivity index (χ2v) is 6.35. The zero-order chi connectivity index (χ0) is 15.9. The molecule has 0 bridgehead atoms. The number of hydrogen-bond donors (Lipinski definition) is 1. The summed E-state index contributed by atoms with van der Waals surface area (Å²) in [6, 6.07) is 0. The van der Waals surface area contributed by atoms with Crippen LogP contribution in [0.1, 0.15) is 48.4 Å². The van der Waals surface area contributed by atoms with Gasteiger partial charge in [0.25, 0.3) is 5.56 Å². The Morgan fingerprint density at radius 2 is 2.18 bits per heavy atom. The van der Waals surface area contributed by atoms with E-state index in [2.05, 4.69) is 24.4 Å². The molecule has 0 fully saturated rings. The molecule has 0 saturated carbocycles. The zero-order valence-electron chi connectivity index (χ0n) is 13.7. The fourth-order valence-electron chi connectivity index (χ4n) is 2.83. The predicted molar refractivity (Wildman–Crippen MR) is 84.7 cm³/mol. The minimum absolute atomic E-state index is 0.0135. The van der Waals surface area contributed by atoms with Crippen LogP contribution >= 0.6 is 0 Å². The molecular weight excluding hydrogens is 278 g/mol. The number of aryl methyl sites for hydroxylation is 1. The fraction of sp³-hybridized carbons (Fsp3) is 0.562. The molecule has 0 unspecified atom stereocenters. The number of fused-ring (bicyclic) bond motifs is 1. The third-order valence-electron chi connectivity index (χ3n) is 4.42. The van der Waals surface area contributed by atoms with E-state index in [1.54, 1.807) is 0 Å². The Morgan fingerprint density at radius 3 is 2.82 bits per heavy atom. The highest BCUT2D eigenvalue weighted by Crippen LogP contribution is 2.18. The van der Waals surface area contributed by atoms with Gasteiger partial charge in [0.1, 0.15) is 11.6 Å². The van der Waals surface area contributed by atoms with Crippen molar-refractivity contribution in [1.82, 2.24) is 24.4 Å². The lowest BCUT2D eigenvalue weighted by Crippen LogP contribution is -2.36. The molecule has 22 heavy (non-hydrogen) atoms. The molecule has 2 aromatic heterocycles. The molecule has 0 radical (unpaired) electrons. The number of hydrogen-bond acceptors (Lipinski definition) is 4. The van der Waals surface area contributed by atoms with Gasteiger partial charge in [-0.1, -0.05) is 13.8 Å². The third kappa shape index (κ3) is 2.70. The first-order chi connectivity index (χ1) is 10.5. The molecule has 1 N–H and O–H groups in total. The van der Waals surface area contributed by atoms with Gasteiger partial charge < -0.3 is 9.55 Å². The third-order valence-corrected chi connectivity index (χ3v) is 4.42. The normalized spacial score (nSPS) is 15.3. The van der Waals surface area contributed by atoms with Gasteiger partial charge in [-0.05, 0) is 6.92 Å². The summed E-state index contributed by atoms with van der Waals surface area (Å²) >= 11 is 0. The van der Waals surface area contributed by atoms with Crippen molar-refractivity contribution in [1.29, 1.82) is 0 Å². The van der Waals surface area contributed by atoms with Crippen molar-refractivity contribution in [2.24, 2.45) is 7.05 Å². The van der Waals surface area contributed by atoms with Crippen molar-refractivity contribution in [3.05, 3.63) is 45.2 Å². The molecule has 0 saturated heterocycles. The molecule has 1 aliphatic rings. The summed E-state index contributed by atoms with van der Waals surface area (Å²) in [7, 11) is 2.03.